The summed E-state index contributed by atoms with van der Waals surface area (Å²) >= 11 is 5.71. The van der Waals surface area contributed by atoms with Crippen molar-refractivity contribution >= 4 is 23.5 Å². The van der Waals surface area contributed by atoms with E-state index in [4.69, 9.17) is 16.3 Å². The average molecular weight is 206 g/mol. The lowest BCUT2D eigenvalue weighted by molar-refractivity contribution is -0.120. The van der Waals surface area contributed by atoms with Gasteiger partial charge >= 0.3 is 6.09 Å². The van der Waals surface area contributed by atoms with E-state index in [9.17, 15) is 9.59 Å². The molecule has 1 amide bonds. The minimum atomic E-state index is -0.571. The molecule has 0 aromatic heterocycles. The van der Waals surface area contributed by atoms with Gasteiger partial charge in [-0.25, -0.2) is 4.79 Å². The topological polar surface area (TPSA) is 46.6 Å². The maximum absolute atomic E-state index is 11.2. The molecule has 4 nitrogen and oxygen atoms in total. The zero-order valence-corrected chi connectivity index (χ0v) is 8.21. The van der Waals surface area contributed by atoms with E-state index in [1.54, 1.807) is 6.92 Å². The van der Waals surface area contributed by atoms with Crippen molar-refractivity contribution in [2.75, 3.05) is 19.7 Å². The number of Topliss-reactive ketones (excluding diaryl/α,β-unsaturated/α-hetero) is 1. The average Bonchev–Trinajstić information content (AvgIpc) is 2.10. The fourth-order valence-corrected chi connectivity index (χ4v) is 1.44. The molecule has 1 saturated heterocycles. The van der Waals surface area contributed by atoms with Crippen LogP contribution < -0.4 is 0 Å². The van der Waals surface area contributed by atoms with E-state index in [-0.39, 0.29) is 18.4 Å². The molecule has 0 radical (unpaired) electrons. The van der Waals surface area contributed by atoms with E-state index in [0.717, 1.165) is 0 Å². The molecule has 1 rings (SSSR count). The van der Waals surface area contributed by atoms with Crippen LogP contribution in [0.1, 0.15) is 13.3 Å². The predicted molar refractivity (Wildman–Crippen MR) is 47.9 cm³/mol. The quantitative estimate of drug-likeness (QED) is 0.601. The Kier molecular flexibility index (Phi) is 3.54. The number of likely N-dealkylation sites (tertiary alicyclic amines) is 1. The molecular formula is C8H12ClNO3. The Morgan fingerprint density at radius 3 is 3.00 bits per heavy atom. The first-order valence-corrected chi connectivity index (χ1v) is 4.67. The van der Waals surface area contributed by atoms with Gasteiger partial charge in [0.15, 0.2) is 5.78 Å². The van der Waals surface area contributed by atoms with Crippen LogP contribution in [0.5, 0.6) is 0 Å². The highest BCUT2D eigenvalue weighted by Gasteiger charge is 2.28. The number of halogens is 1. The van der Waals surface area contributed by atoms with Gasteiger partial charge in [0, 0.05) is 19.5 Å². The van der Waals surface area contributed by atoms with Crippen LogP contribution in [0.4, 0.5) is 4.79 Å². The van der Waals surface area contributed by atoms with E-state index in [2.05, 4.69) is 0 Å². The van der Waals surface area contributed by atoms with Crippen molar-refractivity contribution in [3.63, 3.8) is 0 Å². The Morgan fingerprint density at radius 1 is 1.77 bits per heavy atom. The highest BCUT2D eigenvalue weighted by atomic mass is 35.5. The molecule has 1 unspecified atom stereocenters. The standard InChI is InChI=1S/C8H12ClNO3/c1-2-13-8(12)10-4-3-7(11)6(9)5-10/h6H,2-5H2,1H3. The summed E-state index contributed by atoms with van der Waals surface area (Å²) in [6.07, 6.45) is -0.0619. The molecule has 0 spiro atoms. The first-order chi connectivity index (χ1) is 6.15. The number of rotatable bonds is 1. The normalized spacial score (nSPS) is 23.1. The largest absolute Gasteiger partial charge is 0.450 e. The van der Waals surface area contributed by atoms with Gasteiger partial charge < -0.3 is 9.64 Å². The summed E-state index contributed by atoms with van der Waals surface area (Å²) in [6.45, 7) is 2.77. The molecule has 1 aliphatic heterocycles. The summed E-state index contributed by atoms with van der Waals surface area (Å²) < 4.78 is 4.78. The summed E-state index contributed by atoms with van der Waals surface area (Å²) in [5, 5.41) is -0.571. The zero-order chi connectivity index (χ0) is 9.84. The monoisotopic (exact) mass is 205 g/mol. The Balaban J connectivity index is 2.45. The fourth-order valence-electron chi connectivity index (χ4n) is 1.17. The number of hydrogen-bond acceptors (Lipinski definition) is 3. The van der Waals surface area contributed by atoms with E-state index in [0.29, 0.717) is 19.6 Å². The Bertz CT molecular complexity index is 219. The lowest BCUT2D eigenvalue weighted by atomic mass is 10.1. The Morgan fingerprint density at radius 2 is 2.46 bits per heavy atom. The van der Waals surface area contributed by atoms with Gasteiger partial charge in [-0.15, -0.1) is 11.6 Å². The molecule has 74 valence electrons. The van der Waals surface area contributed by atoms with Crippen molar-refractivity contribution in [2.24, 2.45) is 0 Å². The molecule has 1 fully saturated rings. The number of carbonyl (C=O) groups excluding carboxylic acids is 2. The third kappa shape index (κ3) is 2.59. The second-order valence-corrected chi connectivity index (χ2v) is 3.36. The number of nitrogens with zero attached hydrogens (tertiary/aromatic N) is 1. The second kappa shape index (κ2) is 4.46. The molecule has 0 saturated carbocycles. The van der Waals surface area contributed by atoms with Crippen LogP contribution in [0.2, 0.25) is 0 Å². The van der Waals surface area contributed by atoms with Crippen LogP contribution in [0, 0.1) is 0 Å². The maximum atomic E-state index is 11.2. The highest BCUT2D eigenvalue weighted by Crippen LogP contribution is 2.12. The van der Waals surface area contributed by atoms with Crippen molar-refractivity contribution in [1.29, 1.82) is 0 Å². The SMILES string of the molecule is CCOC(=O)N1CCC(=O)C(Cl)C1. The van der Waals surface area contributed by atoms with Crippen LogP contribution >= 0.6 is 11.6 Å². The molecule has 5 heteroatoms. The molecule has 0 bridgehead atoms. The first kappa shape index (κ1) is 10.3. The minimum Gasteiger partial charge on any atom is -0.450 e. The third-order valence-electron chi connectivity index (χ3n) is 1.88. The van der Waals surface area contributed by atoms with Gasteiger partial charge in [-0.1, -0.05) is 0 Å². The van der Waals surface area contributed by atoms with Gasteiger partial charge in [0.25, 0.3) is 0 Å². The molecule has 1 aliphatic rings. The Hall–Kier alpha value is -0.770. The molecule has 0 aliphatic carbocycles. The number of hydrogen-bond donors (Lipinski definition) is 0. The van der Waals surface area contributed by atoms with Gasteiger partial charge in [0.05, 0.1) is 6.61 Å². The van der Waals surface area contributed by atoms with Gasteiger partial charge in [-0.3, -0.25) is 4.79 Å². The minimum absolute atomic E-state index is 0.00205. The molecule has 13 heavy (non-hydrogen) atoms. The predicted octanol–water partition coefficient (Wildman–Crippen LogP) is 1.03. The van der Waals surface area contributed by atoms with Crippen LogP contribution in [0.25, 0.3) is 0 Å². The summed E-state index contributed by atoms with van der Waals surface area (Å²) in [7, 11) is 0. The van der Waals surface area contributed by atoms with E-state index >= 15 is 0 Å². The van der Waals surface area contributed by atoms with Gasteiger partial charge in [-0.2, -0.15) is 0 Å². The van der Waals surface area contributed by atoms with Gasteiger partial charge in [0.1, 0.15) is 5.38 Å². The molecule has 0 N–H and O–H groups in total. The van der Waals surface area contributed by atoms with Crippen molar-refractivity contribution in [3.8, 4) is 0 Å². The third-order valence-corrected chi connectivity index (χ3v) is 2.27. The van der Waals surface area contributed by atoms with Crippen LogP contribution in [-0.4, -0.2) is 41.8 Å². The van der Waals surface area contributed by atoms with Crippen LogP contribution in [-0.2, 0) is 9.53 Å². The lowest BCUT2D eigenvalue weighted by Gasteiger charge is -2.27. The maximum Gasteiger partial charge on any atom is 0.409 e. The highest BCUT2D eigenvalue weighted by molar-refractivity contribution is 6.31. The van der Waals surface area contributed by atoms with Gasteiger partial charge in [-0.05, 0) is 6.92 Å². The number of ketones is 1. The molecule has 1 atom stereocenters. The first-order valence-electron chi connectivity index (χ1n) is 4.23. The second-order valence-electron chi connectivity index (χ2n) is 2.83. The Labute approximate surface area is 81.8 Å². The van der Waals surface area contributed by atoms with Crippen LogP contribution in [0.3, 0.4) is 0 Å². The van der Waals surface area contributed by atoms with E-state index in [1.807, 2.05) is 0 Å². The summed E-state index contributed by atoms with van der Waals surface area (Å²) in [4.78, 5) is 23.7. The molecule has 0 aromatic rings. The number of amides is 1. The summed E-state index contributed by atoms with van der Waals surface area (Å²) in [5.41, 5.74) is 0. The number of alkyl halides is 1. The van der Waals surface area contributed by atoms with E-state index < -0.39 is 5.38 Å². The lowest BCUT2D eigenvalue weighted by Crippen LogP contribution is -2.45. The fraction of sp³-hybridized carbons (Fsp3) is 0.750. The van der Waals surface area contributed by atoms with Gasteiger partial charge in [0.2, 0.25) is 0 Å². The molecular weight excluding hydrogens is 194 g/mol. The van der Waals surface area contributed by atoms with Crippen molar-refractivity contribution in [1.82, 2.24) is 4.90 Å². The zero-order valence-electron chi connectivity index (χ0n) is 7.46. The smallest absolute Gasteiger partial charge is 0.409 e. The molecule has 1 heterocycles. The number of ether oxygens (including phenoxy) is 1. The van der Waals surface area contributed by atoms with Crippen molar-refractivity contribution in [3.05, 3.63) is 0 Å². The van der Waals surface area contributed by atoms with Crippen LogP contribution in [0.15, 0.2) is 0 Å². The van der Waals surface area contributed by atoms with E-state index in [1.165, 1.54) is 4.90 Å². The number of piperidine rings is 1. The number of carbonyl (C=O) groups is 2. The van der Waals surface area contributed by atoms with Crippen molar-refractivity contribution in [2.45, 2.75) is 18.7 Å². The summed E-state index contributed by atoms with van der Waals surface area (Å²) in [5.74, 6) is 0.00205. The molecule has 0 aromatic carbocycles. The van der Waals surface area contributed by atoms with Crippen molar-refractivity contribution < 1.29 is 14.3 Å². The summed E-state index contributed by atoms with van der Waals surface area (Å²) in [6, 6.07) is 0.